The number of benzene rings is 1. The molecule has 2 rings (SSSR count). The Morgan fingerprint density at radius 3 is 2.78 bits per heavy atom. The van der Waals surface area contributed by atoms with Gasteiger partial charge in [0.15, 0.2) is 6.61 Å². The number of carbonyl (C=O) groups is 2. The zero-order valence-corrected chi connectivity index (χ0v) is 14.1. The van der Waals surface area contributed by atoms with Crippen LogP contribution < -0.4 is 5.32 Å². The number of carbonyl (C=O) groups excluding carboxylic acids is 2. The fraction of sp³-hybridized carbons (Fsp3) is 0.176. The van der Waals surface area contributed by atoms with E-state index < -0.39 is 5.97 Å². The van der Waals surface area contributed by atoms with Crippen LogP contribution in [0.5, 0.6) is 0 Å². The molecule has 120 valence electrons. The van der Waals surface area contributed by atoms with Crippen molar-refractivity contribution in [2.45, 2.75) is 13.0 Å². The number of rotatable bonds is 6. The first-order chi connectivity index (χ1) is 11.1. The Morgan fingerprint density at radius 2 is 2.09 bits per heavy atom. The van der Waals surface area contributed by atoms with Crippen molar-refractivity contribution in [3.05, 3.63) is 64.5 Å². The summed E-state index contributed by atoms with van der Waals surface area (Å²) < 4.78 is 10.8. The van der Waals surface area contributed by atoms with Crippen LogP contribution in [0, 0.1) is 0 Å². The van der Waals surface area contributed by atoms with E-state index in [0.29, 0.717) is 5.76 Å². The topological polar surface area (TPSA) is 68.5 Å². The number of furan rings is 1. The standard InChI is InChI=1S/C17H16BrNO4/c1-12(14-6-2-3-7-15(14)18)19-16(20)11-23-17(21)9-8-13-5-4-10-22-13/h2-10,12H,11H2,1H3,(H,19,20)/b9-8+/t12-/m0/s1. The molecule has 2 aromatic rings. The Kier molecular flexibility index (Phi) is 6.17. The van der Waals surface area contributed by atoms with Crippen molar-refractivity contribution in [1.29, 1.82) is 0 Å². The van der Waals surface area contributed by atoms with Gasteiger partial charge in [-0.1, -0.05) is 34.1 Å². The zero-order chi connectivity index (χ0) is 16.7. The third kappa shape index (κ3) is 5.41. The minimum atomic E-state index is -0.606. The van der Waals surface area contributed by atoms with Crippen molar-refractivity contribution >= 4 is 33.9 Å². The predicted octanol–water partition coefficient (Wildman–Crippen LogP) is 3.48. The highest BCUT2D eigenvalue weighted by atomic mass is 79.9. The lowest BCUT2D eigenvalue weighted by molar-refractivity contribution is -0.144. The largest absolute Gasteiger partial charge is 0.465 e. The second-order valence-electron chi connectivity index (χ2n) is 4.77. The molecule has 0 aliphatic rings. The average molecular weight is 378 g/mol. The van der Waals surface area contributed by atoms with Gasteiger partial charge in [0, 0.05) is 10.5 Å². The molecule has 0 radical (unpaired) electrons. The van der Waals surface area contributed by atoms with Gasteiger partial charge in [0.2, 0.25) is 0 Å². The average Bonchev–Trinajstić information content (AvgIpc) is 3.04. The minimum Gasteiger partial charge on any atom is -0.465 e. The van der Waals surface area contributed by atoms with Crippen molar-refractivity contribution in [2.75, 3.05) is 6.61 Å². The van der Waals surface area contributed by atoms with E-state index in [1.165, 1.54) is 18.4 Å². The summed E-state index contributed by atoms with van der Waals surface area (Å²) in [6.07, 6.45) is 4.19. The summed E-state index contributed by atoms with van der Waals surface area (Å²) in [5.74, 6) is -0.438. The van der Waals surface area contributed by atoms with Crippen LogP contribution in [0.2, 0.25) is 0 Å². The summed E-state index contributed by atoms with van der Waals surface area (Å²) in [5.41, 5.74) is 0.949. The number of hydrogen-bond acceptors (Lipinski definition) is 4. The lowest BCUT2D eigenvalue weighted by Gasteiger charge is -2.15. The summed E-state index contributed by atoms with van der Waals surface area (Å²) in [6.45, 7) is 1.52. The first kappa shape index (κ1) is 17.0. The van der Waals surface area contributed by atoms with E-state index in [1.54, 1.807) is 12.1 Å². The Bertz CT molecular complexity index is 694. The highest BCUT2D eigenvalue weighted by molar-refractivity contribution is 9.10. The summed E-state index contributed by atoms with van der Waals surface area (Å²) in [5, 5.41) is 2.77. The van der Waals surface area contributed by atoms with Crippen molar-refractivity contribution in [2.24, 2.45) is 0 Å². The molecule has 0 bridgehead atoms. The van der Waals surface area contributed by atoms with Crippen LogP contribution in [-0.2, 0) is 14.3 Å². The monoisotopic (exact) mass is 377 g/mol. The molecule has 1 aromatic heterocycles. The zero-order valence-electron chi connectivity index (χ0n) is 12.5. The van der Waals surface area contributed by atoms with E-state index in [-0.39, 0.29) is 18.6 Å². The third-order valence-corrected chi connectivity index (χ3v) is 3.74. The molecule has 1 amide bonds. The maximum Gasteiger partial charge on any atom is 0.331 e. The van der Waals surface area contributed by atoms with E-state index in [4.69, 9.17) is 9.15 Å². The molecule has 1 heterocycles. The molecule has 0 unspecified atom stereocenters. The second kappa shape index (κ2) is 8.33. The van der Waals surface area contributed by atoms with Crippen LogP contribution in [0.25, 0.3) is 6.08 Å². The molecule has 0 saturated heterocycles. The maximum atomic E-state index is 11.8. The van der Waals surface area contributed by atoms with Crippen LogP contribution in [0.3, 0.4) is 0 Å². The first-order valence-corrected chi connectivity index (χ1v) is 7.77. The highest BCUT2D eigenvalue weighted by Crippen LogP contribution is 2.22. The third-order valence-electron chi connectivity index (χ3n) is 3.02. The summed E-state index contributed by atoms with van der Waals surface area (Å²) in [6, 6.07) is 10.8. The Hall–Kier alpha value is -2.34. The van der Waals surface area contributed by atoms with Crippen LogP contribution in [-0.4, -0.2) is 18.5 Å². The van der Waals surface area contributed by atoms with Crippen LogP contribution in [0.4, 0.5) is 0 Å². The lowest BCUT2D eigenvalue weighted by Crippen LogP contribution is -2.31. The van der Waals surface area contributed by atoms with Crippen LogP contribution in [0.15, 0.2) is 57.6 Å². The minimum absolute atomic E-state index is 0.199. The molecule has 0 fully saturated rings. The fourth-order valence-electron chi connectivity index (χ4n) is 1.91. The first-order valence-electron chi connectivity index (χ1n) is 6.98. The molecule has 1 N–H and O–H groups in total. The van der Waals surface area contributed by atoms with Gasteiger partial charge >= 0.3 is 5.97 Å². The Morgan fingerprint density at radius 1 is 1.30 bits per heavy atom. The molecule has 5 nitrogen and oxygen atoms in total. The molecular formula is C17H16BrNO4. The lowest BCUT2D eigenvalue weighted by atomic mass is 10.1. The number of hydrogen-bond donors (Lipinski definition) is 1. The number of halogens is 1. The number of nitrogens with one attached hydrogen (secondary N) is 1. The van der Waals surface area contributed by atoms with Gasteiger partial charge in [0.1, 0.15) is 5.76 Å². The van der Waals surface area contributed by atoms with Gasteiger partial charge in [-0.2, -0.15) is 0 Å². The fourth-order valence-corrected chi connectivity index (χ4v) is 2.54. The van der Waals surface area contributed by atoms with Gasteiger partial charge in [-0.25, -0.2) is 4.79 Å². The number of esters is 1. The smallest absolute Gasteiger partial charge is 0.331 e. The van der Waals surface area contributed by atoms with Crippen molar-refractivity contribution in [3.8, 4) is 0 Å². The van der Waals surface area contributed by atoms with E-state index in [2.05, 4.69) is 21.2 Å². The number of ether oxygens (including phenoxy) is 1. The normalized spacial score (nSPS) is 12.1. The summed E-state index contributed by atoms with van der Waals surface area (Å²) >= 11 is 3.43. The summed E-state index contributed by atoms with van der Waals surface area (Å²) in [4.78, 5) is 23.3. The van der Waals surface area contributed by atoms with E-state index in [1.807, 2.05) is 31.2 Å². The Labute approximate surface area is 142 Å². The molecule has 0 aliphatic heterocycles. The number of amides is 1. The molecular weight excluding hydrogens is 362 g/mol. The molecule has 23 heavy (non-hydrogen) atoms. The van der Waals surface area contributed by atoms with Crippen molar-refractivity contribution < 1.29 is 18.7 Å². The van der Waals surface area contributed by atoms with Gasteiger partial charge in [0.25, 0.3) is 5.91 Å². The molecule has 0 spiro atoms. The quantitative estimate of drug-likeness (QED) is 0.617. The van der Waals surface area contributed by atoms with Crippen molar-refractivity contribution in [1.82, 2.24) is 5.32 Å². The van der Waals surface area contributed by atoms with Gasteiger partial charge < -0.3 is 14.5 Å². The summed E-state index contributed by atoms with van der Waals surface area (Å²) in [7, 11) is 0. The molecule has 0 saturated carbocycles. The van der Waals surface area contributed by atoms with E-state index >= 15 is 0 Å². The molecule has 6 heteroatoms. The molecule has 1 atom stereocenters. The second-order valence-corrected chi connectivity index (χ2v) is 5.62. The predicted molar refractivity (Wildman–Crippen MR) is 89.4 cm³/mol. The van der Waals surface area contributed by atoms with Gasteiger partial charge in [-0.15, -0.1) is 0 Å². The molecule has 1 aromatic carbocycles. The highest BCUT2D eigenvalue weighted by Gasteiger charge is 2.13. The van der Waals surface area contributed by atoms with E-state index in [0.717, 1.165) is 10.0 Å². The van der Waals surface area contributed by atoms with Gasteiger partial charge in [0.05, 0.1) is 12.3 Å². The molecule has 0 aliphatic carbocycles. The van der Waals surface area contributed by atoms with Crippen LogP contribution >= 0.6 is 15.9 Å². The van der Waals surface area contributed by atoms with Gasteiger partial charge in [-0.3, -0.25) is 4.79 Å². The maximum absolute atomic E-state index is 11.8. The van der Waals surface area contributed by atoms with Crippen LogP contribution in [0.1, 0.15) is 24.3 Å². The van der Waals surface area contributed by atoms with E-state index in [9.17, 15) is 9.59 Å². The SMILES string of the molecule is C[C@H](NC(=O)COC(=O)/C=C/c1ccco1)c1ccccc1Br. The van der Waals surface area contributed by atoms with Crippen molar-refractivity contribution in [3.63, 3.8) is 0 Å². The van der Waals surface area contributed by atoms with Gasteiger partial charge in [-0.05, 0) is 36.8 Å². The Balaban J connectivity index is 1.78.